The molecule has 0 unspecified atom stereocenters. The van der Waals surface area contributed by atoms with Gasteiger partial charge < -0.3 is 15.4 Å². The lowest BCUT2D eigenvalue weighted by atomic mass is 10.1. The molecule has 1 saturated heterocycles. The molecule has 1 aromatic rings. The number of rotatable bonds is 2. The Bertz CT molecular complexity index is 383. The zero-order valence-electron chi connectivity index (χ0n) is 10.1. The van der Waals surface area contributed by atoms with Crippen LogP contribution in [0.1, 0.15) is 23.2 Å². The molecule has 0 aromatic heterocycles. The molecule has 4 heteroatoms. The number of benzene rings is 1. The topological polar surface area (TPSA) is 55.6 Å². The van der Waals surface area contributed by atoms with Gasteiger partial charge in [-0.1, -0.05) is 0 Å². The van der Waals surface area contributed by atoms with E-state index >= 15 is 0 Å². The van der Waals surface area contributed by atoms with Crippen LogP contribution < -0.4 is 5.73 Å². The molecule has 4 nitrogen and oxygen atoms in total. The smallest absolute Gasteiger partial charge is 0.253 e. The minimum atomic E-state index is 0.0527. The maximum absolute atomic E-state index is 12.2. The molecule has 17 heavy (non-hydrogen) atoms. The third-order valence-corrected chi connectivity index (χ3v) is 3.22. The summed E-state index contributed by atoms with van der Waals surface area (Å²) in [5, 5.41) is 0. The summed E-state index contributed by atoms with van der Waals surface area (Å²) in [6, 6.07) is 7.34. The molecule has 2 N–H and O–H groups in total. The molecule has 92 valence electrons. The summed E-state index contributed by atoms with van der Waals surface area (Å²) >= 11 is 0. The molecule has 1 aromatic carbocycles. The highest BCUT2D eigenvalue weighted by Crippen LogP contribution is 2.16. The van der Waals surface area contributed by atoms with Crippen LogP contribution in [-0.2, 0) is 4.74 Å². The second kappa shape index (κ2) is 5.19. The van der Waals surface area contributed by atoms with Crippen molar-refractivity contribution in [1.82, 2.24) is 4.90 Å². The second-order valence-electron chi connectivity index (χ2n) is 4.38. The lowest BCUT2D eigenvalue weighted by Gasteiger charge is -2.31. The number of anilines is 1. The van der Waals surface area contributed by atoms with E-state index in [1.165, 1.54) is 0 Å². The highest BCUT2D eigenvalue weighted by atomic mass is 16.5. The Kier molecular flexibility index (Phi) is 3.64. The number of nitrogen functional groups attached to an aromatic ring is 1. The van der Waals surface area contributed by atoms with Crippen LogP contribution in [0.3, 0.4) is 0 Å². The molecule has 0 spiro atoms. The van der Waals surface area contributed by atoms with Gasteiger partial charge in [-0.2, -0.15) is 0 Å². The molecule has 0 atom stereocenters. The van der Waals surface area contributed by atoms with Gasteiger partial charge >= 0.3 is 0 Å². The third-order valence-electron chi connectivity index (χ3n) is 3.22. The SMILES string of the molecule is CN(C(=O)c1ccc(N)cc1)C1CCOCC1. The van der Waals surface area contributed by atoms with Crippen molar-refractivity contribution < 1.29 is 9.53 Å². The maximum Gasteiger partial charge on any atom is 0.253 e. The number of amides is 1. The fraction of sp³-hybridized carbons (Fsp3) is 0.462. The maximum atomic E-state index is 12.2. The number of carbonyl (C=O) groups is 1. The van der Waals surface area contributed by atoms with Crippen LogP contribution in [0.2, 0.25) is 0 Å². The molecule has 1 aliphatic rings. The molecule has 2 rings (SSSR count). The first-order valence-corrected chi connectivity index (χ1v) is 5.89. The minimum Gasteiger partial charge on any atom is -0.399 e. The second-order valence-corrected chi connectivity index (χ2v) is 4.38. The van der Waals surface area contributed by atoms with Crippen molar-refractivity contribution in [2.45, 2.75) is 18.9 Å². The number of carbonyl (C=O) groups excluding carboxylic acids is 1. The Morgan fingerprint density at radius 2 is 1.88 bits per heavy atom. The lowest BCUT2D eigenvalue weighted by molar-refractivity contribution is 0.0362. The van der Waals surface area contributed by atoms with Crippen LogP contribution in [0.15, 0.2) is 24.3 Å². The Balaban J connectivity index is 2.05. The monoisotopic (exact) mass is 234 g/mol. The van der Waals surface area contributed by atoms with Crippen molar-refractivity contribution in [2.24, 2.45) is 0 Å². The Labute approximate surface area is 101 Å². The zero-order valence-corrected chi connectivity index (χ0v) is 10.1. The molecule has 1 aliphatic heterocycles. The lowest BCUT2D eigenvalue weighted by Crippen LogP contribution is -2.40. The number of nitrogens with two attached hydrogens (primary N) is 1. The number of ether oxygens (including phenoxy) is 1. The van der Waals surface area contributed by atoms with E-state index in [1.807, 2.05) is 11.9 Å². The van der Waals surface area contributed by atoms with Crippen molar-refractivity contribution in [3.63, 3.8) is 0 Å². The predicted octanol–water partition coefficient (Wildman–Crippen LogP) is 1.52. The van der Waals surface area contributed by atoms with Crippen LogP contribution in [0.4, 0.5) is 5.69 Å². The molecular formula is C13H18N2O2. The Morgan fingerprint density at radius 3 is 2.47 bits per heavy atom. The fourth-order valence-electron chi connectivity index (χ4n) is 2.07. The van der Waals surface area contributed by atoms with Crippen LogP contribution in [0, 0.1) is 0 Å². The van der Waals surface area contributed by atoms with Gasteiger partial charge in [-0.05, 0) is 37.1 Å². The Hall–Kier alpha value is -1.55. The van der Waals surface area contributed by atoms with Gasteiger partial charge in [0.25, 0.3) is 5.91 Å². The average Bonchev–Trinajstić information content (AvgIpc) is 2.39. The van der Waals surface area contributed by atoms with Crippen molar-refractivity contribution in [3.05, 3.63) is 29.8 Å². The van der Waals surface area contributed by atoms with Gasteiger partial charge in [-0.3, -0.25) is 4.79 Å². The predicted molar refractivity (Wildman–Crippen MR) is 66.8 cm³/mol. The summed E-state index contributed by atoms with van der Waals surface area (Å²) in [4.78, 5) is 14.0. The summed E-state index contributed by atoms with van der Waals surface area (Å²) in [6.07, 6.45) is 1.83. The number of hydrogen-bond acceptors (Lipinski definition) is 3. The van der Waals surface area contributed by atoms with Crippen LogP contribution in [-0.4, -0.2) is 37.1 Å². The number of hydrogen-bond donors (Lipinski definition) is 1. The van der Waals surface area contributed by atoms with E-state index in [0.717, 1.165) is 26.1 Å². The molecule has 1 amide bonds. The van der Waals surface area contributed by atoms with Gasteiger partial charge in [0.15, 0.2) is 0 Å². The average molecular weight is 234 g/mol. The summed E-state index contributed by atoms with van der Waals surface area (Å²) in [6.45, 7) is 1.48. The highest BCUT2D eigenvalue weighted by molar-refractivity contribution is 5.94. The van der Waals surface area contributed by atoms with E-state index < -0.39 is 0 Å². The van der Waals surface area contributed by atoms with E-state index in [-0.39, 0.29) is 11.9 Å². The van der Waals surface area contributed by atoms with Crippen molar-refractivity contribution in [1.29, 1.82) is 0 Å². The van der Waals surface area contributed by atoms with Crippen molar-refractivity contribution >= 4 is 11.6 Å². The van der Waals surface area contributed by atoms with Gasteiger partial charge in [0, 0.05) is 37.6 Å². The molecule has 1 fully saturated rings. The normalized spacial score (nSPS) is 16.8. The van der Waals surface area contributed by atoms with Crippen molar-refractivity contribution in [2.75, 3.05) is 26.0 Å². The molecule has 0 radical (unpaired) electrons. The summed E-state index contributed by atoms with van der Waals surface area (Å²) in [7, 11) is 1.86. The molecule has 1 heterocycles. The summed E-state index contributed by atoms with van der Waals surface area (Å²) < 4.78 is 5.30. The van der Waals surface area contributed by atoms with E-state index in [4.69, 9.17) is 10.5 Å². The van der Waals surface area contributed by atoms with E-state index in [2.05, 4.69) is 0 Å². The first-order chi connectivity index (χ1) is 8.18. The molecule has 0 aliphatic carbocycles. The molecule has 0 bridgehead atoms. The van der Waals surface area contributed by atoms with Gasteiger partial charge in [-0.15, -0.1) is 0 Å². The molecule has 0 saturated carbocycles. The molecular weight excluding hydrogens is 216 g/mol. The first kappa shape index (κ1) is 11.9. The van der Waals surface area contributed by atoms with Gasteiger partial charge in [-0.25, -0.2) is 0 Å². The fourth-order valence-corrected chi connectivity index (χ4v) is 2.07. The largest absolute Gasteiger partial charge is 0.399 e. The first-order valence-electron chi connectivity index (χ1n) is 5.89. The van der Waals surface area contributed by atoms with Gasteiger partial charge in [0.2, 0.25) is 0 Å². The number of nitrogens with zero attached hydrogens (tertiary/aromatic N) is 1. The van der Waals surface area contributed by atoms with E-state index in [1.54, 1.807) is 24.3 Å². The minimum absolute atomic E-state index is 0.0527. The van der Waals surface area contributed by atoms with E-state index in [0.29, 0.717) is 11.3 Å². The van der Waals surface area contributed by atoms with E-state index in [9.17, 15) is 4.79 Å². The van der Waals surface area contributed by atoms with Gasteiger partial charge in [0.1, 0.15) is 0 Å². The zero-order chi connectivity index (χ0) is 12.3. The van der Waals surface area contributed by atoms with Crippen molar-refractivity contribution in [3.8, 4) is 0 Å². The van der Waals surface area contributed by atoms with Gasteiger partial charge in [0.05, 0.1) is 0 Å². The Morgan fingerprint density at radius 1 is 1.29 bits per heavy atom. The quantitative estimate of drug-likeness (QED) is 0.789. The standard InChI is InChI=1S/C13H18N2O2/c1-15(12-6-8-17-9-7-12)13(16)10-2-4-11(14)5-3-10/h2-5,12H,6-9,14H2,1H3. The van der Waals surface area contributed by atoms with Crippen LogP contribution >= 0.6 is 0 Å². The van der Waals surface area contributed by atoms with Crippen LogP contribution in [0.25, 0.3) is 0 Å². The highest BCUT2D eigenvalue weighted by Gasteiger charge is 2.23. The summed E-state index contributed by atoms with van der Waals surface area (Å²) in [5.74, 6) is 0.0527. The summed E-state index contributed by atoms with van der Waals surface area (Å²) in [5.41, 5.74) is 6.97. The van der Waals surface area contributed by atoms with Crippen LogP contribution in [0.5, 0.6) is 0 Å². The third kappa shape index (κ3) is 2.77.